The maximum atomic E-state index is 12.6. The van der Waals surface area contributed by atoms with Crippen molar-refractivity contribution in [1.29, 1.82) is 0 Å². The number of hydrogen-bond donors (Lipinski definition) is 1. The average Bonchev–Trinajstić information content (AvgIpc) is 2.67. The van der Waals surface area contributed by atoms with Gasteiger partial charge in [-0.05, 0) is 30.7 Å². The molecule has 1 aliphatic rings. The standard InChI is InChI=1S/C17H24N2O6S/c1-2-3-4-15(20)13-24-18-14-9-11-19(12-10-14)26(22,23)17-7-5-16(25-21)6-8-17/h5-8,21H,2-4,9-13H2,1H3. The summed E-state index contributed by atoms with van der Waals surface area (Å²) in [5.74, 6) is 0.189. The van der Waals surface area contributed by atoms with Gasteiger partial charge >= 0.3 is 0 Å². The third-order valence-electron chi connectivity index (χ3n) is 4.09. The number of ketones is 1. The number of benzene rings is 1. The van der Waals surface area contributed by atoms with Crippen molar-refractivity contribution in [3.63, 3.8) is 0 Å². The van der Waals surface area contributed by atoms with E-state index in [9.17, 15) is 13.2 Å². The minimum absolute atomic E-state index is 0.0199. The van der Waals surface area contributed by atoms with Gasteiger partial charge in [0.05, 0.1) is 10.6 Å². The Morgan fingerprint density at radius 2 is 1.88 bits per heavy atom. The van der Waals surface area contributed by atoms with Crippen LogP contribution in [0.1, 0.15) is 39.0 Å². The third-order valence-corrected chi connectivity index (χ3v) is 6.01. The van der Waals surface area contributed by atoms with Crippen LogP contribution in [0.2, 0.25) is 0 Å². The molecule has 144 valence electrons. The Balaban J connectivity index is 1.86. The zero-order valence-electron chi connectivity index (χ0n) is 14.8. The quantitative estimate of drug-likeness (QED) is 0.518. The van der Waals surface area contributed by atoms with Gasteiger partial charge in [0.25, 0.3) is 0 Å². The van der Waals surface area contributed by atoms with Gasteiger partial charge in [0.2, 0.25) is 10.0 Å². The summed E-state index contributed by atoms with van der Waals surface area (Å²) in [4.78, 5) is 20.8. The Morgan fingerprint density at radius 3 is 2.46 bits per heavy atom. The first-order valence-electron chi connectivity index (χ1n) is 8.58. The van der Waals surface area contributed by atoms with Gasteiger partial charge < -0.3 is 9.73 Å². The van der Waals surface area contributed by atoms with Crippen molar-refractivity contribution in [3.8, 4) is 5.75 Å². The number of nitrogens with zero attached hydrogens (tertiary/aromatic N) is 2. The third kappa shape index (κ3) is 5.52. The Bertz CT molecular complexity index is 720. The van der Waals surface area contributed by atoms with E-state index in [0.29, 0.717) is 32.4 Å². The highest BCUT2D eigenvalue weighted by Crippen LogP contribution is 2.22. The van der Waals surface area contributed by atoms with E-state index in [4.69, 9.17) is 10.1 Å². The molecule has 1 heterocycles. The van der Waals surface area contributed by atoms with Gasteiger partial charge in [-0.1, -0.05) is 18.5 Å². The van der Waals surface area contributed by atoms with Crippen molar-refractivity contribution in [3.05, 3.63) is 24.3 Å². The van der Waals surface area contributed by atoms with E-state index in [2.05, 4.69) is 10.0 Å². The van der Waals surface area contributed by atoms with Crippen molar-refractivity contribution < 1.29 is 28.2 Å². The molecule has 1 aromatic carbocycles. The molecule has 2 rings (SSSR count). The maximum absolute atomic E-state index is 12.6. The van der Waals surface area contributed by atoms with Crippen LogP contribution in [-0.4, -0.2) is 49.2 Å². The summed E-state index contributed by atoms with van der Waals surface area (Å²) < 4.78 is 26.6. The SMILES string of the molecule is CCCCC(=O)CON=C1CCN(S(=O)(=O)c2ccc(OO)cc2)CC1. The zero-order chi connectivity index (χ0) is 19.0. The molecular formula is C17H24N2O6S. The Labute approximate surface area is 153 Å². The molecule has 0 bridgehead atoms. The zero-order valence-corrected chi connectivity index (χ0v) is 15.6. The van der Waals surface area contributed by atoms with E-state index in [1.807, 2.05) is 6.92 Å². The number of hydrogen-bond acceptors (Lipinski definition) is 7. The lowest BCUT2D eigenvalue weighted by Crippen LogP contribution is -2.38. The second-order valence-electron chi connectivity index (χ2n) is 6.04. The first-order chi connectivity index (χ1) is 12.5. The Morgan fingerprint density at radius 1 is 1.23 bits per heavy atom. The lowest BCUT2D eigenvalue weighted by Gasteiger charge is -2.26. The average molecular weight is 384 g/mol. The van der Waals surface area contributed by atoms with Crippen LogP contribution in [0, 0.1) is 0 Å². The second-order valence-corrected chi connectivity index (χ2v) is 7.98. The topological polar surface area (TPSA) is 106 Å². The summed E-state index contributed by atoms with van der Waals surface area (Å²) in [5.41, 5.74) is 0.753. The lowest BCUT2D eigenvalue weighted by molar-refractivity contribution is -0.137. The van der Waals surface area contributed by atoms with Gasteiger partial charge in [-0.25, -0.2) is 13.7 Å². The fourth-order valence-electron chi connectivity index (χ4n) is 2.54. The number of piperidine rings is 1. The molecule has 0 unspecified atom stereocenters. The molecule has 1 aromatic rings. The van der Waals surface area contributed by atoms with Crippen LogP contribution in [0.25, 0.3) is 0 Å². The first-order valence-corrected chi connectivity index (χ1v) is 10.0. The van der Waals surface area contributed by atoms with Gasteiger partial charge in [-0.3, -0.25) is 4.79 Å². The molecule has 9 heteroatoms. The minimum atomic E-state index is -3.61. The molecule has 1 aliphatic heterocycles. The number of oxime groups is 1. The predicted molar refractivity (Wildman–Crippen MR) is 95.6 cm³/mol. The fraction of sp³-hybridized carbons (Fsp3) is 0.529. The molecule has 1 N–H and O–H groups in total. The molecule has 0 amide bonds. The summed E-state index contributed by atoms with van der Waals surface area (Å²) in [7, 11) is -3.61. The molecule has 0 radical (unpaired) electrons. The van der Waals surface area contributed by atoms with E-state index in [0.717, 1.165) is 18.6 Å². The Kier molecular flexibility index (Phi) is 7.55. The molecule has 0 saturated carbocycles. The van der Waals surface area contributed by atoms with E-state index < -0.39 is 10.0 Å². The second kappa shape index (κ2) is 9.65. The largest absolute Gasteiger partial charge is 0.388 e. The summed E-state index contributed by atoms with van der Waals surface area (Å²) in [6.45, 7) is 2.58. The predicted octanol–water partition coefficient (Wildman–Crippen LogP) is 2.45. The van der Waals surface area contributed by atoms with Crippen LogP contribution in [0.15, 0.2) is 34.3 Å². The number of carbonyl (C=O) groups excluding carboxylic acids is 1. The molecule has 0 spiro atoms. The monoisotopic (exact) mass is 384 g/mol. The van der Waals surface area contributed by atoms with E-state index in [1.54, 1.807) is 0 Å². The fourth-order valence-corrected chi connectivity index (χ4v) is 3.98. The lowest BCUT2D eigenvalue weighted by atomic mass is 10.1. The molecular weight excluding hydrogens is 360 g/mol. The van der Waals surface area contributed by atoms with Gasteiger partial charge in [0.15, 0.2) is 18.1 Å². The van der Waals surface area contributed by atoms with Gasteiger partial charge in [0.1, 0.15) is 0 Å². The van der Waals surface area contributed by atoms with Crippen LogP contribution in [0.5, 0.6) is 5.75 Å². The number of carbonyl (C=O) groups is 1. The normalized spacial score (nSPS) is 15.5. The van der Waals surface area contributed by atoms with Crippen LogP contribution in [-0.2, 0) is 19.7 Å². The van der Waals surface area contributed by atoms with Gasteiger partial charge in [-0.2, -0.15) is 4.31 Å². The summed E-state index contributed by atoms with van der Waals surface area (Å²) >= 11 is 0. The number of rotatable bonds is 9. The first kappa shape index (κ1) is 20.3. The van der Waals surface area contributed by atoms with Crippen molar-refractivity contribution in [2.45, 2.75) is 43.9 Å². The molecule has 0 aliphatic carbocycles. The number of Topliss-reactive ketones (excluding diaryl/α,β-unsaturated/α-hetero) is 1. The number of unbranched alkanes of at least 4 members (excludes halogenated alkanes) is 1. The highest BCUT2D eigenvalue weighted by Gasteiger charge is 2.28. The van der Waals surface area contributed by atoms with Crippen LogP contribution in [0.3, 0.4) is 0 Å². The smallest absolute Gasteiger partial charge is 0.243 e. The van der Waals surface area contributed by atoms with Crippen LogP contribution in [0.4, 0.5) is 0 Å². The van der Waals surface area contributed by atoms with Crippen molar-refractivity contribution in [1.82, 2.24) is 4.31 Å². The minimum Gasteiger partial charge on any atom is -0.388 e. The summed E-state index contributed by atoms with van der Waals surface area (Å²) in [6.07, 6.45) is 3.21. The van der Waals surface area contributed by atoms with Gasteiger partial charge in [0, 0.05) is 32.4 Å². The highest BCUT2D eigenvalue weighted by molar-refractivity contribution is 7.89. The van der Waals surface area contributed by atoms with E-state index in [-0.39, 0.29) is 23.0 Å². The van der Waals surface area contributed by atoms with Crippen molar-refractivity contribution >= 4 is 21.5 Å². The highest BCUT2D eigenvalue weighted by atomic mass is 32.2. The van der Waals surface area contributed by atoms with Crippen LogP contribution < -0.4 is 4.89 Å². The Hall–Kier alpha value is -1.97. The van der Waals surface area contributed by atoms with Crippen molar-refractivity contribution in [2.75, 3.05) is 19.7 Å². The molecule has 0 atom stereocenters. The molecule has 0 aromatic heterocycles. The molecule has 1 saturated heterocycles. The summed E-state index contributed by atoms with van der Waals surface area (Å²) in [5, 5.41) is 12.5. The van der Waals surface area contributed by atoms with Crippen LogP contribution >= 0.6 is 0 Å². The summed E-state index contributed by atoms with van der Waals surface area (Å²) in [6, 6.07) is 5.53. The van der Waals surface area contributed by atoms with Crippen molar-refractivity contribution in [2.24, 2.45) is 5.16 Å². The molecule has 1 fully saturated rings. The van der Waals surface area contributed by atoms with E-state index in [1.165, 1.54) is 28.6 Å². The number of sulfonamides is 1. The van der Waals surface area contributed by atoms with Gasteiger partial charge in [-0.15, -0.1) is 0 Å². The van der Waals surface area contributed by atoms with E-state index >= 15 is 0 Å². The molecule has 8 nitrogen and oxygen atoms in total. The maximum Gasteiger partial charge on any atom is 0.243 e. The molecule has 26 heavy (non-hydrogen) atoms.